The molecule has 5 aromatic carbocycles. The van der Waals surface area contributed by atoms with Crippen LogP contribution in [0.15, 0.2) is 78.9 Å². The number of amides is 5. The minimum absolute atomic E-state index is 0.00966. The summed E-state index contributed by atoms with van der Waals surface area (Å²) in [4.78, 5) is 117. The van der Waals surface area contributed by atoms with Crippen LogP contribution in [0.1, 0.15) is 131 Å². The lowest BCUT2D eigenvalue weighted by Crippen LogP contribution is -2.64. The maximum absolute atomic E-state index is 16.2. The highest BCUT2D eigenvalue weighted by molar-refractivity contribution is 6.32. The summed E-state index contributed by atoms with van der Waals surface area (Å²) in [6.45, 7) is 7.48. The normalized spacial score (nSPS) is 29.6. The number of halogens is 2. The van der Waals surface area contributed by atoms with Crippen LogP contribution < -0.4 is 46.9 Å². The van der Waals surface area contributed by atoms with Gasteiger partial charge in [0.1, 0.15) is 77.4 Å². The molecule has 17 N–H and O–H groups in total. The van der Waals surface area contributed by atoms with Gasteiger partial charge in [0.2, 0.25) is 47.8 Å². The van der Waals surface area contributed by atoms with Gasteiger partial charge in [0.05, 0.1) is 40.7 Å². The van der Waals surface area contributed by atoms with Crippen molar-refractivity contribution in [3.63, 3.8) is 0 Å². The number of hydrogen-bond acceptors (Lipinski definition) is 25. The molecule has 18 atom stereocenters. The third kappa shape index (κ3) is 16.1. The number of carbonyl (C=O) groups excluding carboxylic acids is 8. The van der Waals surface area contributed by atoms with Crippen LogP contribution in [0.3, 0.4) is 0 Å². The molecule has 7 aliphatic rings. The Balaban J connectivity index is 1.24. The van der Waals surface area contributed by atoms with E-state index in [1.165, 1.54) is 50.2 Å². The number of hydrogen-bond donors (Lipinski definition) is 15. The van der Waals surface area contributed by atoms with Crippen LogP contribution in [0.2, 0.25) is 10.0 Å². The maximum Gasteiger partial charge on any atom is 0.295 e. The second-order valence-corrected chi connectivity index (χ2v) is 27.2. The molecule has 5 amide bonds. The van der Waals surface area contributed by atoms with Crippen LogP contribution in [0.4, 0.5) is 0 Å². The Kier molecular flexibility index (Phi) is 22.9. The summed E-state index contributed by atoms with van der Waals surface area (Å²) >= 11 is 14.2. The molecule has 0 radical (unpaired) electrons. The van der Waals surface area contributed by atoms with Gasteiger partial charge in [-0.2, -0.15) is 0 Å². The van der Waals surface area contributed by atoms with E-state index in [1.807, 2.05) is 13.8 Å². The molecular weight excluding hydrogens is 1370 g/mol. The summed E-state index contributed by atoms with van der Waals surface area (Å²) in [6, 6.07) is 8.42. The van der Waals surface area contributed by atoms with Crippen molar-refractivity contribution in [3.8, 4) is 57.1 Å². The molecule has 12 rings (SSSR count). The third-order valence-electron chi connectivity index (χ3n) is 18.5. The second-order valence-electron chi connectivity index (χ2n) is 26.4. The van der Waals surface area contributed by atoms with Crippen molar-refractivity contribution in [2.24, 2.45) is 29.2 Å². The molecule has 0 spiro atoms. The number of nitrogens with two attached hydrogens (primary N) is 2. The average Bonchev–Trinajstić information content (AvgIpc) is 0.767. The standard InChI is InChI=1S/C69H78Cl2N6O24/c1-6-29(13-27(2)3)63(91)75-54-43(83)17-34(20-50(72)85)64(92)74-53-33-18-47(97-45-11-8-31(56(54)86)15-39(45)70)60(101-68-61(59(89)58(88)49(25-78)99-68)100-51-24-69(5,73)62(90)28(4)96-51)48(19-33)98-46-12-9-32(16-40(46)71)57(87)55-66(94)77-67(95-26-79)38-21-35(80)22-42(82)52(38)37-14-30(7-10-41(37)81)36(23-44(53)84)65(93)76-55/h7-12,14-16,18-19,21-22,26-29,34,36,49,51,53-59,61-62,67-68,78,80-82,86-90H,6,13,17,20,23-25,73H2,1-5H3,(H2,72,85)(H,74,92)(H,75,91)(H,76,93)(H,77,94)/t28-,29+,34-,36-,49+,51-,53+,54-,55-,56+,57+,58?,59?,61+,62+,67+,68-,69?/m0/s1. The van der Waals surface area contributed by atoms with Gasteiger partial charge in [0.15, 0.2) is 35.5 Å². The van der Waals surface area contributed by atoms with E-state index in [1.54, 1.807) is 6.92 Å². The van der Waals surface area contributed by atoms with Gasteiger partial charge in [0, 0.05) is 59.9 Å². The molecule has 5 aromatic rings. The Morgan fingerprint density at radius 3 is 2.00 bits per heavy atom. The first-order valence-corrected chi connectivity index (χ1v) is 33.1. The number of phenols is 3. The Labute approximate surface area is 587 Å². The van der Waals surface area contributed by atoms with Crippen LogP contribution >= 0.6 is 23.2 Å². The zero-order valence-electron chi connectivity index (χ0n) is 55.0. The lowest BCUT2D eigenvalue weighted by Gasteiger charge is -2.47. The summed E-state index contributed by atoms with van der Waals surface area (Å²) in [7, 11) is 0. The van der Waals surface area contributed by atoms with Crippen LogP contribution in [0.5, 0.6) is 46.0 Å². The Morgan fingerprint density at radius 1 is 0.762 bits per heavy atom. The molecule has 7 heterocycles. The minimum Gasteiger partial charge on any atom is -0.508 e. The number of aromatic hydroxyl groups is 3. The number of ketones is 2. The molecule has 0 saturated carbocycles. The molecule has 3 unspecified atom stereocenters. The molecule has 2 saturated heterocycles. The number of nitrogens with one attached hydrogen (secondary N) is 4. The molecule has 2 fully saturated rings. The molecule has 0 aromatic heterocycles. The zero-order chi connectivity index (χ0) is 73.4. The maximum atomic E-state index is 16.2. The highest BCUT2D eigenvalue weighted by Crippen LogP contribution is 2.50. The number of fused-ring (bicyclic) bond motifs is 15. The van der Waals surface area contributed by atoms with E-state index in [0.29, 0.717) is 12.8 Å². The van der Waals surface area contributed by atoms with Crippen molar-refractivity contribution in [1.29, 1.82) is 0 Å². The number of primary amides is 1. The van der Waals surface area contributed by atoms with Crippen molar-refractivity contribution in [2.45, 2.75) is 170 Å². The molecular formula is C69H78Cl2N6O24. The van der Waals surface area contributed by atoms with Gasteiger partial charge in [0.25, 0.3) is 6.47 Å². The van der Waals surface area contributed by atoms with Gasteiger partial charge >= 0.3 is 0 Å². The van der Waals surface area contributed by atoms with E-state index in [9.17, 15) is 69.9 Å². The average molecular weight is 1450 g/mol. The lowest BCUT2D eigenvalue weighted by molar-refractivity contribution is -0.333. The number of ether oxygens (including phenoxy) is 7. The Bertz CT molecular complexity index is 4030. The van der Waals surface area contributed by atoms with Crippen molar-refractivity contribution in [3.05, 3.63) is 117 Å². The summed E-state index contributed by atoms with van der Waals surface area (Å²) in [6.07, 6.45) is -21.5. The number of Topliss-reactive ketones (excluding diaryl/α,β-unsaturated/α-hetero) is 2. The van der Waals surface area contributed by atoms with Crippen molar-refractivity contribution in [1.82, 2.24) is 21.3 Å². The number of phenolic OH excluding ortho intramolecular Hbond substituents is 3. The fraction of sp³-hybridized carbons (Fsp3) is 0.449. The molecule has 7 aliphatic heterocycles. The van der Waals surface area contributed by atoms with Crippen LogP contribution in [-0.4, -0.2) is 167 Å². The molecule has 101 heavy (non-hydrogen) atoms. The van der Waals surface area contributed by atoms with Gasteiger partial charge in [-0.15, -0.1) is 0 Å². The van der Waals surface area contributed by atoms with Crippen LogP contribution in [-0.2, 0) is 57.3 Å². The first kappa shape index (κ1) is 74.9. The Hall–Kier alpha value is -8.76. The highest BCUT2D eigenvalue weighted by atomic mass is 35.5. The van der Waals surface area contributed by atoms with Gasteiger partial charge in [-0.05, 0) is 109 Å². The van der Waals surface area contributed by atoms with Gasteiger partial charge < -0.3 is 112 Å². The molecule has 11 bridgehead atoms. The van der Waals surface area contributed by atoms with Crippen LogP contribution in [0, 0.1) is 17.8 Å². The predicted molar refractivity (Wildman–Crippen MR) is 352 cm³/mol. The number of rotatable bonds is 14. The predicted octanol–water partition coefficient (Wildman–Crippen LogP) is 3.57. The first-order valence-electron chi connectivity index (χ1n) is 32.4. The van der Waals surface area contributed by atoms with E-state index in [-0.39, 0.29) is 73.7 Å². The molecule has 0 aliphatic carbocycles. The van der Waals surface area contributed by atoms with Crippen molar-refractivity contribution >= 4 is 70.8 Å². The van der Waals surface area contributed by atoms with E-state index in [0.717, 1.165) is 42.5 Å². The van der Waals surface area contributed by atoms with Crippen molar-refractivity contribution < 1.29 is 117 Å². The molecule has 30 nitrogen and oxygen atoms in total. The number of benzene rings is 5. The van der Waals surface area contributed by atoms with Gasteiger partial charge in [-0.3, -0.25) is 38.4 Å². The van der Waals surface area contributed by atoms with E-state index >= 15 is 14.4 Å². The first-order chi connectivity index (χ1) is 47.8. The summed E-state index contributed by atoms with van der Waals surface area (Å²) in [5, 5.41) is 113. The number of carbonyl (C=O) groups is 8. The minimum atomic E-state index is -2.17. The lowest BCUT2D eigenvalue weighted by atomic mass is 9.85. The monoisotopic (exact) mass is 1440 g/mol. The summed E-state index contributed by atoms with van der Waals surface area (Å²) in [5.74, 6) is -16.6. The van der Waals surface area contributed by atoms with E-state index in [2.05, 4.69) is 21.3 Å². The quantitative estimate of drug-likeness (QED) is 0.0707. The zero-order valence-corrected chi connectivity index (χ0v) is 56.5. The van der Waals surface area contributed by atoms with E-state index in [4.69, 9.17) is 67.8 Å². The smallest absolute Gasteiger partial charge is 0.295 e. The SMILES string of the molecule is CC[C@H](CC(C)C)C(=O)N[C@H]1C(=O)C[C@@H](CC(N)=O)C(=O)N[C@H]2C(=O)C[C@@H]3C(=O)N[C@H](C(=O)N[C@H](OC=O)c4cc(O)cc(O)c4-c4cc3ccc4O)[C@H](O)c3ccc(c(Cl)c3)Oc3cc2cc(c3O[C@@H]2O[C@H](CO)C(O)C(O)[C@H]2O[C@H]2CC(C)(N)[C@H](O)[C@H](C)O2)Oc2ccc(cc2Cl)[C@H]1O. The molecule has 32 heteroatoms. The second kappa shape index (κ2) is 30.8. The largest absolute Gasteiger partial charge is 0.508 e. The highest BCUT2D eigenvalue weighted by Gasteiger charge is 2.51. The topological polar surface area (TPSA) is 483 Å². The Morgan fingerprint density at radius 2 is 1.41 bits per heavy atom. The fourth-order valence-electron chi connectivity index (χ4n) is 13.2. The fourth-order valence-corrected chi connectivity index (χ4v) is 13.6. The van der Waals surface area contributed by atoms with Crippen molar-refractivity contribution in [2.75, 3.05) is 6.61 Å². The number of aliphatic hydroxyl groups excluding tert-OH is 6. The number of aliphatic hydroxyl groups is 6. The third-order valence-corrected chi connectivity index (χ3v) is 19.1. The van der Waals surface area contributed by atoms with Gasteiger partial charge in [-0.25, -0.2) is 0 Å². The van der Waals surface area contributed by atoms with Crippen LogP contribution in [0.25, 0.3) is 11.1 Å². The molecule has 542 valence electrons. The van der Waals surface area contributed by atoms with E-state index < -0.39 is 216 Å². The van der Waals surface area contributed by atoms with Gasteiger partial charge in [-0.1, -0.05) is 62.2 Å². The summed E-state index contributed by atoms with van der Waals surface area (Å²) in [5.41, 5.74) is 9.01. The summed E-state index contributed by atoms with van der Waals surface area (Å²) < 4.78 is 43.8.